The van der Waals surface area contributed by atoms with Crippen LogP contribution in [0.5, 0.6) is 0 Å². The van der Waals surface area contributed by atoms with Gasteiger partial charge >= 0.3 is 0 Å². The lowest BCUT2D eigenvalue weighted by atomic mass is 10.0. The van der Waals surface area contributed by atoms with Gasteiger partial charge in [0.25, 0.3) is 0 Å². The van der Waals surface area contributed by atoms with Gasteiger partial charge in [0.2, 0.25) is 0 Å². The Kier molecular flexibility index (Phi) is 2.89. The number of hydrogen-bond donors (Lipinski definition) is 1. The molecule has 0 amide bonds. The molecule has 70 valence electrons. The quantitative estimate of drug-likeness (QED) is 0.584. The van der Waals surface area contributed by atoms with Crippen LogP contribution in [0.1, 0.15) is 33.6 Å². The van der Waals surface area contributed by atoms with Crippen LogP contribution in [0.4, 0.5) is 0 Å². The van der Waals surface area contributed by atoms with Crippen LogP contribution in [0.3, 0.4) is 0 Å². The summed E-state index contributed by atoms with van der Waals surface area (Å²) in [6, 6.07) is 0.635. The zero-order chi connectivity index (χ0) is 9.19. The summed E-state index contributed by atoms with van der Waals surface area (Å²) in [6.07, 6.45) is 2.57. The molecular weight excluding hydrogens is 148 g/mol. The fraction of sp³-hybridized carbons (Fsp3) is 0.900. The Morgan fingerprint density at radius 1 is 1.42 bits per heavy atom. The molecule has 1 heterocycles. The van der Waals surface area contributed by atoms with Crippen molar-refractivity contribution in [1.82, 2.24) is 5.32 Å². The van der Waals surface area contributed by atoms with Crippen molar-refractivity contribution in [1.29, 1.82) is 0 Å². The predicted octanol–water partition coefficient (Wildman–Crippen LogP) is 1.25. The van der Waals surface area contributed by atoms with E-state index in [2.05, 4.69) is 37.4 Å². The molecule has 2 nitrogen and oxygen atoms in total. The summed E-state index contributed by atoms with van der Waals surface area (Å²) >= 11 is 0. The average Bonchev–Trinajstić information content (AvgIpc) is 1.82. The highest BCUT2D eigenvalue weighted by atomic mass is 15.1. The van der Waals surface area contributed by atoms with Gasteiger partial charge in [-0.2, -0.15) is 0 Å². The first kappa shape index (κ1) is 9.72. The molecule has 1 N–H and O–H groups in total. The van der Waals surface area contributed by atoms with Gasteiger partial charge < -0.3 is 5.32 Å². The highest BCUT2D eigenvalue weighted by molar-refractivity contribution is 5.14. The minimum Gasteiger partial charge on any atom is -0.304 e. The standard InChI is InChI=1S/C10H21N2/c1-10(2,3)11-9-6-5-7-12(4)8-9/h9,11H,4-8H2,1-3H3/q+1. The van der Waals surface area contributed by atoms with Crippen LogP contribution in [0.15, 0.2) is 0 Å². The van der Waals surface area contributed by atoms with Crippen molar-refractivity contribution in [3.05, 3.63) is 0 Å². The van der Waals surface area contributed by atoms with E-state index in [0.717, 1.165) is 13.1 Å². The molecule has 1 saturated heterocycles. The molecule has 1 atom stereocenters. The van der Waals surface area contributed by atoms with E-state index in [-0.39, 0.29) is 5.54 Å². The van der Waals surface area contributed by atoms with E-state index < -0.39 is 0 Å². The summed E-state index contributed by atoms with van der Waals surface area (Å²) in [7, 11) is 0. The van der Waals surface area contributed by atoms with Gasteiger partial charge in [-0.25, -0.2) is 4.58 Å². The van der Waals surface area contributed by atoms with Gasteiger partial charge in [0, 0.05) is 12.0 Å². The Morgan fingerprint density at radius 3 is 2.58 bits per heavy atom. The van der Waals surface area contributed by atoms with Crippen molar-refractivity contribution in [2.24, 2.45) is 0 Å². The van der Waals surface area contributed by atoms with Crippen molar-refractivity contribution >= 4 is 6.72 Å². The first-order valence-corrected chi connectivity index (χ1v) is 4.80. The smallest absolute Gasteiger partial charge is 0.157 e. The summed E-state index contributed by atoms with van der Waals surface area (Å²) in [4.78, 5) is 0. The second kappa shape index (κ2) is 3.56. The highest BCUT2D eigenvalue weighted by Crippen LogP contribution is 2.09. The van der Waals surface area contributed by atoms with E-state index in [4.69, 9.17) is 0 Å². The van der Waals surface area contributed by atoms with Crippen molar-refractivity contribution in [2.75, 3.05) is 13.1 Å². The van der Waals surface area contributed by atoms with Gasteiger partial charge in [0.1, 0.15) is 13.3 Å². The first-order chi connectivity index (χ1) is 5.47. The summed E-state index contributed by atoms with van der Waals surface area (Å²) in [5.74, 6) is 0. The van der Waals surface area contributed by atoms with Crippen molar-refractivity contribution in [2.45, 2.75) is 45.2 Å². The number of nitrogens with zero attached hydrogens (tertiary/aromatic N) is 1. The Bertz CT molecular complexity index is 167. The lowest BCUT2D eigenvalue weighted by molar-refractivity contribution is -0.532. The molecular formula is C10H21N2+. The SMILES string of the molecule is C=[N+]1CCCC(NC(C)(C)C)C1. The van der Waals surface area contributed by atoms with E-state index in [9.17, 15) is 0 Å². The summed E-state index contributed by atoms with van der Waals surface area (Å²) in [5, 5.41) is 3.61. The minimum absolute atomic E-state index is 0.239. The maximum atomic E-state index is 3.97. The summed E-state index contributed by atoms with van der Waals surface area (Å²) < 4.78 is 2.16. The molecule has 0 aromatic rings. The molecule has 0 aromatic carbocycles. The largest absolute Gasteiger partial charge is 0.304 e. The fourth-order valence-electron chi connectivity index (χ4n) is 1.79. The molecule has 1 aliphatic heterocycles. The molecule has 0 radical (unpaired) electrons. The Labute approximate surface area is 75.7 Å². The molecule has 1 rings (SSSR count). The maximum absolute atomic E-state index is 3.97. The van der Waals surface area contributed by atoms with Gasteiger partial charge in [0.05, 0.1) is 6.04 Å². The molecule has 1 fully saturated rings. The summed E-state index contributed by atoms with van der Waals surface area (Å²) in [6.45, 7) is 12.9. The fourth-order valence-corrected chi connectivity index (χ4v) is 1.79. The molecule has 1 unspecified atom stereocenters. The van der Waals surface area contributed by atoms with Crippen molar-refractivity contribution in [3.8, 4) is 0 Å². The van der Waals surface area contributed by atoms with E-state index in [1.54, 1.807) is 0 Å². The zero-order valence-corrected chi connectivity index (χ0v) is 8.56. The number of piperidine rings is 1. The Hall–Kier alpha value is -0.370. The van der Waals surface area contributed by atoms with E-state index >= 15 is 0 Å². The van der Waals surface area contributed by atoms with Crippen molar-refractivity contribution < 1.29 is 4.58 Å². The minimum atomic E-state index is 0.239. The Morgan fingerprint density at radius 2 is 2.08 bits per heavy atom. The van der Waals surface area contributed by atoms with E-state index in [0.29, 0.717) is 6.04 Å². The highest BCUT2D eigenvalue weighted by Gasteiger charge is 2.24. The third-order valence-electron chi connectivity index (χ3n) is 2.14. The van der Waals surface area contributed by atoms with E-state index in [1.165, 1.54) is 12.8 Å². The second-order valence-corrected chi connectivity index (χ2v) is 4.81. The van der Waals surface area contributed by atoms with Gasteiger partial charge in [-0.3, -0.25) is 0 Å². The second-order valence-electron chi connectivity index (χ2n) is 4.81. The first-order valence-electron chi connectivity index (χ1n) is 4.80. The lowest BCUT2D eigenvalue weighted by Crippen LogP contribution is -2.49. The van der Waals surface area contributed by atoms with Crippen LogP contribution in [0, 0.1) is 0 Å². The summed E-state index contributed by atoms with van der Waals surface area (Å²) in [5.41, 5.74) is 0.239. The number of nitrogens with one attached hydrogen (secondary N) is 1. The molecule has 2 heteroatoms. The molecule has 0 saturated carbocycles. The van der Waals surface area contributed by atoms with Crippen LogP contribution in [-0.2, 0) is 0 Å². The molecule has 12 heavy (non-hydrogen) atoms. The molecule has 0 bridgehead atoms. The predicted molar refractivity (Wildman–Crippen MR) is 53.0 cm³/mol. The normalized spacial score (nSPS) is 25.9. The van der Waals surface area contributed by atoms with E-state index in [1.807, 2.05) is 0 Å². The zero-order valence-electron chi connectivity index (χ0n) is 8.56. The lowest BCUT2D eigenvalue weighted by Gasteiger charge is -2.29. The van der Waals surface area contributed by atoms with Gasteiger partial charge in [-0.15, -0.1) is 0 Å². The maximum Gasteiger partial charge on any atom is 0.157 e. The monoisotopic (exact) mass is 169 g/mol. The Balaban J connectivity index is 2.37. The van der Waals surface area contributed by atoms with Crippen LogP contribution < -0.4 is 5.32 Å². The molecule has 1 aliphatic rings. The molecule has 0 spiro atoms. The number of hydrogen-bond acceptors (Lipinski definition) is 1. The van der Waals surface area contributed by atoms with Crippen molar-refractivity contribution in [3.63, 3.8) is 0 Å². The van der Waals surface area contributed by atoms with Gasteiger partial charge in [-0.05, 0) is 27.2 Å². The average molecular weight is 169 g/mol. The van der Waals surface area contributed by atoms with Gasteiger partial charge in [-0.1, -0.05) is 0 Å². The third-order valence-corrected chi connectivity index (χ3v) is 2.14. The molecule has 0 aliphatic carbocycles. The third kappa shape index (κ3) is 3.35. The van der Waals surface area contributed by atoms with Crippen LogP contribution >= 0.6 is 0 Å². The molecule has 0 aromatic heterocycles. The van der Waals surface area contributed by atoms with Crippen LogP contribution in [-0.4, -0.2) is 36.0 Å². The number of rotatable bonds is 1. The van der Waals surface area contributed by atoms with Crippen LogP contribution in [0.25, 0.3) is 0 Å². The van der Waals surface area contributed by atoms with Crippen LogP contribution in [0.2, 0.25) is 0 Å². The van der Waals surface area contributed by atoms with Gasteiger partial charge in [0.15, 0.2) is 6.54 Å². The topological polar surface area (TPSA) is 15.0 Å².